The van der Waals surface area contributed by atoms with Crippen molar-refractivity contribution in [2.75, 3.05) is 11.6 Å². The molecule has 0 aliphatic carbocycles. The molecule has 22 heavy (non-hydrogen) atoms. The molecule has 0 unspecified atom stereocenters. The van der Waals surface area contributed by atoms with E-state index >= 15 is 0 Å². The quantitative estimate of drug-likeness (QED) is 0.727. The van der Waals surface area contributed by atoms with Crippen molar-refractivity contribution >= 4 is 29.0 Å². The topological polar surface area (TPSA) is 79.3 Å². The standard InChI is InChI=1S/C15H14N4O2S/c1-9-8-11(20)17-13-12(15(22-2)18-19(9)13)14(21)16-10-6-4-3-5-7-10/h3-8H,1-2H3,(H,16,21)(H,17,20). The van der Waals surface area contributed by atoms with Gasteiger partial charge in [-0.2, -0.15) is 5.10 Å². The smallest absolute Gasteiger partial charge is 0.262 e. The van der Waals surface area contributed by atoms with E-state index in [4.69, 9.17) is 0 Å². The highest BCUT2D eigenvalue weighted by Gasteiger charge is 2.21. The molecule has 6 nitrogen and oxygen atoms in total. The molecule has 0 atom stereocenters. The Kier molecular flexibility index (Phi) is 3.72. The lowest BCUT2D eigenvalue weighted by Gasteiger charge is -2.05. The first kappa shape index (κ1) is 14.4. The van der Waals surface area contributed by atoms with E-state index < -0.39 is 0 Å². The Morgan fingerprint density at radius 3 is 2.73 bits per heavy atom. The summed E-state index contributed by atoms with van der Waals surface area (Å²) in [5.74, 6) is -0.299. The van der Waals surface area contributed by atoms with Crippen LogP contribution in [0.15, 0.2) is 46.2 Å². The number of aryl methyl sites for hydroxylation is 1. The normalized spacial score (nSPS) is 10.8. The number of hydrogen-bond acceptors (Lipinski definition) is 4. The van der Waals surface area contributed by atoms with Crippen molar-refractivity contribution in [1.29, 1.82) is 0 Å². The van der Waals surface area contributed by atoms with Gasteiger partial charge in [-0.15, -0.1) is 11.8 Å². The Labute approximate surface area is 130 Å². The number of nitrogens with zero attached hydrogens (tertiary/aromatic N) is 2. The summed E-state index contributed by atoms with van der Waals surface area (Å²) in [7, 11) is 0. The van der Waals surface area contributed by atoms with Crippen molar-refractivity contribution in [2.24, 2.45) is 0 Å². The van der Waals surface area contributed by atoms with E-state index in [0.29, 0.717) is 27.6 Å². The van der Waals surface area contributed by atoms with Gasteiger partial charge in [-0.05, 0) is 25.3 Å². The van der Waals surface area contributed by atoms with Gasteiger partial charge in [0.2, 0.25) is 0 Å². The van der Waals surface area contributed by atoms with Crippen LogP contribution in [-0.4, -0.2) is 26.8 Å². The molecule has 0 aliphatic rings. The number of carbonyl (C=O) groups is 1. The fourth-order valence-corrected chi connectivity index (χ4v) is 2.79. The number of hydrogen-bond donors (Lipinski definition) is 2. The van der Waals surface area contributed by atoms with Crippen molar-refractivity contribution in [3.05, 3.63) is 58.0 Å². The van der Waals surface area contributed by atoms with Gasteiger partial charge in [0.25, 0.3) is 11.5 Å². The highest BCUT2D eigenvalue weighted by Crippen LogP contribution is 2.23. The van der Waals surface area contributed by atoms with Crippen molar-refractivity contribution in [3.8, 4) is 0 Å². The summed E-state index contributed by atoms with van der Waals surface area (Å²) in [6.07, 6.45) is 1.84. The fraction of sp³-hybridized carbons (Fsp3) is 0.133. The summed E-state index contributed by atoms with van der Waals surface area (Å²) in [5, 5.41) is 7.77. The molecule has 3 aromatic rings. The number of carbonyl (C=O) groups excluding carboxylic acids is 1. The summed E-state index contributed by atoms with van der Waals surface area (Å²) in [5.41, 5.74) is 1.88. The van der Waals surface area contributed by atoms with E-state index in [1.807, 2.05) is 24.5 Å². The van der Waals surface area contributed by atoms with Crippen LogP contribution < -0.4 is 10.9 Å². The predicted molar refractivity (Wildman–Crippen MR) is 86.7 cm³/mol. The van der Waals surface area contributed by atoms with Gasteiger partial charge >= 0.3 is 0 Å². The first-order chi connectivity index (χ1) is 10.6. The second kappa shape index (κ2) is 5.69. The third-order valence-corrected chi connectivity index (χ3v) is 3.89. The second-order valence-electron chi connectivity index (χ2n) is 4.74. The minimum atomic E-state index is -0.299. The predicted octanol–water partition coefficient (Wildman–Crippen LogP) is 2.31. The average molecular weight is 314 g/mol. The number of anilines is 1. The van der Waals surface area contributed by atoms with Crippen LogP contribution in [0.2, 0.25) is 0 Å². The molecule has 3 rings (SSSR count). The molecule has 0 saturated heterocycles. The maximum absolute atomic E-state index is 12.6. The average Bonchev–Trinajstić information content (AvgIpc) is 2.87. The van der Waals surface area contributed by atoms with Crippen LogP contribution in [0.25, 0.3) is 5.65 Å². The number of H-pyrrole nitrogens is 1. The molecule has 2 aromatic heterocycles. The number of aromatic amines is 1. The third-order valence-electron chi connectivity index (χ3n) is 3.22. The van der Waals surface area contributed by atoms with Crippen molar-refractivity contribution in [1.82, 2.24) is 14.6 Å². The maximum Gasteiger partial charge on any atom is 0.262 e. The summed E-state index contributed by atoms with van der Waals surface area (Å²) in [4.78, 5) is 27.0. The van der Waals surface area contributed by atoms with Gasteiger partial charge in [0.05, 0.1) is 0 Å². The molecular weight excluding hydrogens is 300 g/mol. The Bertz CT molecular complexity index is 899. The molecule has 1 aromatic carbocycles. The van der Waals surface area contributed by atoms with E-state index in [0.717, 1.165) is 0 Å². The van der Waals surface area contributed by atoms with Crippen molar-refractivity contribution in [2.45, 2.75) is 11.9 Å². The zero-order valence-corrected chi connectivity index (χ0v) is 12.9. The molecule has 2 N–H and O–H groups in total. The molecule has 2 heterocycles. The third kappa shape index (κ3) is 2.50. The number of para-hydroxylation sites is 1. The van der Waals surface area contributed by atoms with Crippen LogP contribution in [-0.2, 0) is 0 Å². The van der Waals surface area contributed by atoms with Gasteiger partial charge < -0.3 is 10.3 Å². The molecular formula is C15H14N4O2S. The van der Waals surface area contributed by atoms with E-state index in [1.165, 1.54) is 17.8 Å². The molecule has 112 valence electrons. The number of aromatic nitrogens is 3. The number of benzene rings is 1. The Morgan fingerprint density at radius 2 is 2.05 bits per heavy atom. The Hall–Kier alpha value is -2.54. The van der Waals surface area contributed by atoms with Crippen LogP contribution in [0.1, 0.15) is 16.1 Å². The van der Waals surface area contributed by atoms with Crippen molar-refractivity contribution < 1.29 is 4.79 Å². The number of rotatable bonds is 3. The van der Waals surface area contributed by atoms with Crippen LogP contribution in [0, 0.1) is 6.92 Å². The largest absolute Gasteiger partial charge is 0.322 e. The SMILES string of the molecule is CSc1nn2c(C)cc(=O)[nH]c2c1C(=O)Nc1ccccc1. The zero-order valence-electron chi connectivity index (χ0n) is 12.1. The molecule has 0 fully saturated rings. The fourth-order valence-electron chi connectivity index (χ4n) is 2.23. The number of nitrogens with one attached hydrogen (secondary N) is 2. The number of thioether (sulfide) groups is 1. The van der Waals surface area contributed by atoms with Gasteiger partial charge in [-0.1, -0.05) is 18.2 Å². The lowest BCUT2D eigenvalue weighted by molar-refractivity contribution is 0.102. The van der Waals surface area contributed by atoms with E-state index in [1.54, 1.807) is 23.6 Å². The minimum absolute atomic E-state index is 0.258. The molecule has 0 bridgehead atoms. The summed E-state index contributed by atoms with van der Waals surface area (Å²) >= 11 is 1.36. The minimum Gasteiger partial charge on any atom is -0.322 e. The zero-order chi connectivity index (χ0) is 15.7. The van der Waals surface area contributed by atoms with Gasteiger partial charge in [0, 0.05) is 17.4 Å². The molecule has 0 saturated carbocycles. The first-order valence-corrected chi connectivity index (χ1v) is 7.85. The van der Waals surface area contributed by atoms with E-state index in [2.05, 4.69) is 15.4 Å². The number of amides is 1. The maximum atomic E-state index is 12.6. The van der Waals surface area contributed by atoms with Crippen LogP contribution in [0.3, 0.4) is 0 Å². The van der Waals surface area contributed by atoms with Crippen LogP contribution in [0.4, 0.5) is 5.69 Å². The molecule has 1 amide bonds. The van der Waals surface area contributed by atoms with E-state index in [9.17, 15) is 9.59 Å². The van der Waals surface area contributed by atoms with Crippen molar-refractivity contribution in [3.63, 3.8) is 0 Å². The van der Waals surface area contributed by atoms with Gasteiger partial charge in [0.1, 0.15) is 16.2 Å². The van der Waals surface area contributed by atoms with Gasteiger partial charge in [-0.25, -0.2) is 4.52 Å². The Balaban J connectivity index is 2.13. The molecule has 0 spiro atoms. The summed E-state index contributed by atoms with van der Waals surface area (Å²) in [6.45, 7) is 1.78. The van der Waals surface area contributed by atoms with E-state index in [-0.39, 0.29) is 11.5 Å². The lowest BCUT2D eigenvalue weighted by Crippen LogP contribution is -2.15. The Morgan fingerprint density at radius 1 is 1.32 bits per heavy atom. The molecule has 7 heteroatoms. The van der Waals surface area contributed by atoms with Gasteiger partial charge in [-0.3, -0.25) is 9.59 Å². The number of fused-ring (bicyclic) bond motifs is 1. The lowest BCUT2D eigenvalue weighted by atomic mass is 10.2. The van der Waals surface area contributed by atoms with Gasteiger partial charge in [0.15, 0.2) is 0 Å². The monoisotopic (exact) mass is 314 g/mol. The van der Waals surface area contributed by atoms with Crippen LogP contribution in [0.5, 0.6) is 0 Å². The highest BCUT2D eigenvalue weighted by atomic mass is 32.2. The molecule has 0 radical (unpaired) electrons. The molecule has 0 aliphatic heterocycles. The highest BCUT2D eigenvalue weighted by molar-refractivity contribution is 7.98. The van der Waals surface area contributed by atoms with Crippen LogP contribution >= 0.6 is 11.8 Å². The first-order valence-electron chi connectivity index (χ1n) is 6.63. The summed E-state index contributed by atoms with van der Waals surface area (Å²) in [6, 6.07) is 10.6. The second-order valence-corrected chi connectivity index (χ2v) is 5.53. The summed E-state index contributed by atoms with van der Waals surface area (Å²) < 4.78 is 1.58.